The lowest BCUT2D eigenvalue weighted by Gasteiger charge is -2.10. The molecule has 2 aromatic heterocycles. The van der Waals surface area contributed by atoms with Crippen LogP contribution in [0, 0.1) is 0 Å². The third kappa shape index (κ3) is 4.64. The fourth-order valence-electron chi connectivity index (χ4n) is 3.15. The summed E-state index contributed by atoms with van der Waals surface area (Å²) < 4.78 is 18.1. The van der Waals surface area contributed by atoms with Crippen molar-refractivity contribution >= 4 is 17.5 Å². The lowest BCUT2D eigenvalue weighted by atomic mass is 10.1. The van der Waals surface area contributed by atoms with E-state index in [1.54, 1.807) is 32.6 Å². The van der Waals surface area contributed by atoms with Gasteiger partial charge in [0.25, 0.3) is 0 Å². The molecule has 0 saturated heterocycles. The number of carbonyl (C=O) groups is 1. The number of hydrogen-bond acceptors (Lipinski definition) is 7. The van der Waals surface area contributed by atoms with Gasteiger partial charge >= 0.3 is 0 Å². The number of hydrogen-bond donors (Lipinski definition) is 0. The van der Waals surface area contributed by atoms with Crippen molar-refractivity contribution in [1.29, 1.82) is 0 Å². The molecule has 0 aliphatic heterocycles. The molecule has 8 heteroatoms. The van der Waals surface area contributed by atoms with Crippen LogP contribution >= 0.6 is 11.8 Å². The highest BCUT2D eigenvalue weighted by atomic mass is 32.2. The van der Waals surface area contributed by atoms with Crippen LogP contribution < -0.4 is 9.47 Å². The summed E-state index contributed by atoms with van der Waals surface area (Å²) >= 11 is 1.33. The Kier molecular flexibility index (Phi) is 6.37. The molecule has 2 heterocycles. The zero-order valence-corrected chi connectivity index (χ0v) is 18.0. The second-order valence-corrected chi connectivity index (χ2v) is 7.56. The maximum Gasteiger partial charge on any atom is 0.192 e. The van der Waals surface area contributed by atoms with E-state index in [-0.39, 0.29) is 11.5 Å². The number of carbonyl (C=O) groups excluding carboxylic acids is 1. The Bertz CT molecular complexity index is 1170. The number of furan rings is 1. The lowest BCUT2D eigenvalue weighted by molar-refractivity contribution is 0.101. The number of methoxy groups -OCH3 is 2. The average Bonchev–Trinajstić information content (AvgIpc) is 3.48. The molecule has 0 saturated carbocycles. The molecule has 4 rings (SSSR count). The van der Waals surface area contributed by atoms with Crippen LogP contribution in [0.25, 0.3) is 11.4 Å². The number of aromatic nitrogens is 3. The molecule has 0 radical (unpaired) electrons. The first kappa shape index (κ1) is 20.7. The minimum atomic E-state index is -0.0436. The van der Waals surface area contributed by atoms with Crippen LogP contribution in [-0.4, -0.2) is 40.5 Å². The first-order chi connectivity index (χ1) is 15.2. The molecule has 31 heavy (non-hydrogen) atoms. The van der Waals surface area contributed by atoms with E-state index >= 15 is 0 Å². The van der Waals surface area contributed by atoms with Gasteiger partial charge in [-0.2, -0.15) is 0 Å². The average molecular weight is 436 g/mol. The van der Waals surface area contributed by atoms with Crippen molar-refractivity contribution in [3.63, 3.8) is 0 Å². The van der Waals surface area contributed by atoms with Gasteiger partial charge in [0.1, 0.15) is 17.3 Å². The Morgan fingerprint density at radius 1 is 1.03 bits per heavy atom. The molecular weight excluding hydrogens is 414 g/mol. The van der Waals surface area contributed by atoms with Gasteiger partial charge in [0.05, 0.1) is 38.3 Å². The zero-order valence-electron chi connectivity index (χ0n) is 17.1. The highest BCUT2D eigenvalue weighted by Crippen LogP contribution is 2.28. The van der Waals surface area contributed by atoms with Crippen LogP contribution in [0.15, 0.2) is 76.5 Å². The normalized spacial score (nSPS) is 10.8. The minimum absolute atomic E-state index is 0.0436. The van der Waals surface area contributed by atoms with Crippen LogP contribution in [0.3, 0.4) is 0 Å². The van der Waals surface area contributed by atoms with Crippen LogP contribution in [-0.2, 0) is 6.54 Å². The molecule has 0 unspecified atom stereocenters. The van der Waals surface area contributed by atoms with Crippen molar-refractivity contribution in [1.82, 2.24) is 14.8 Å². The number of benzene rings is 2. The summed E-state index contributed by atoms with van der Waals surface area (Å²) in [6.45, 7) is 0.442. The van der Waals surface area contributed by atoms with E-state index < -0.39 is 0 Å². The van der Waals surface area contributed by atoms with Crippen molar-refractivity contribution in [3.05, 3.63) is 78.3 Å². The van der Waals surface area contributed by atoms with Crippen LogP contribution in [0.5, 0.6) is 11.5 Å². The maximum absolute atomic E-state index is 12.8. The van der Waals surface area contributed by atoms with Crippen molar-refractivity contribution in [2.45, 2.75) is 11.7 Å². The van der Waals surface area contributed by atoms with E-state index in [4.69, 9.17) is 13.9 Å². The number of rotatable bonds is 9. The third-order valence-corrected chi connectivity index (χ3v) is 5.65. The Hall–Kier alpha value is -3.52. The highest BCUT2D eigenvalue weighted by molar-refractivity contribution is 7.99. The number of thioether (sulfide) groups is 1. The topological polar surface area (TPSA) is 79.4 Å². The summed E-state index contributed by atoms with van der Waals surface area (Å²) in [4.78, 5) is 12.8. The first-order valence-corrected chi connectivity index (χ1v) is 10.6. The third-order valence-electron chi connectivity index (χ3n) is 4.68. The van der Waals surface area contributed by atoms with Gasteiger partial charge in [-0.3, -0.25) is 9.36 Å². The second-order valence-electron chi connectivity index (χ2n) is 6.62. The van der Waals surface area contributed by atoms with Gasteiger partial charge in [-0.25, -0.2) is 0 Å². The Morgan fingerprint density at radius 3 is 2.68 bits per heavy atom. The summed E-state index contributed by atoms with van der Waals surface area (Å²) in [5.74, 6) is 2.88. The second kappa shape index (κ2) is 9.53. The molecule has 0 N–H and O–H groups in total. The van der Waals surface area contributed by atoms with Gasteiger partial charge in [-0.05, 0) is 36.4 Å². The number of nitrogens with zero attached hydrogens (tertiary/aromatic N) is 3. The van der Waals surface area contributed by atoms with E-state index in [9.17, 15) is 4.79 Å². The van der Waals surface area contributed by atoms with Gasteiger partial charge in [0.15, 0.2) is 16.8 Å². The quantitative estimate of drug-likeness (QED) is 0.281. The first-order valence-electron chi connectivity index (χ1n) is 9.58. The molecule has 7 nitrogen and oxygen atoms in total. The van der Waals surface area contributed by atoms with Crippen LogP contribution in [0.4, 0.5) is 0 Å². The Labute approximate surface area is 184 Å². The number of para-hydroxylation sites is 1. The van der Waals surface area contributed by atoms with Crippen molar-refractivity contribution in [2.24, 2.45) is 0 Å². The standard InChI is InChI=1S/C23H21N3O4S/c1-28-17-8-5-7-16(13-17)22-24-25-23(26(22)14-18-9-6-12-30-18)31-15-20(27)19-10-3-4-11-21(19)29-2/h3-13H,14-15H2,1-2H3. The zero-order chi connectivity index (χ0) is 21.6. The summed E-state index contributed by atoms with van der Waals surface area (Å²) in [6, 6.07) is 18.5. The van der Waals surface area contributed by atoms with E-state index in [0.29, 0.717) is 28.8 Å². The van der Waals surface area contributed by atoms with Gasteiger partial charge in [0.2, 0.25) is 0 Å². The molecule has 0 bridgehead atoms. The fraction of sp³-hybridized carbons (Fsp3) is 0.174. The molecule has 0 aliphatic carbocycles. The molecule has 0 fully saturated rings. The largest absolute Gasteiger partial charge is 0.497 e. The van der Waals surface area contributed by atoms with E-state index in [1.807, 2.05) is 53.1 Å². The molecule has 0 spiro atoms. The predicted octanol–water partition coefficient (Wildman–Crippen LogP) is 4.58. The maximum atomic E-state index is 12.8. The number of Topliss-reactive ketones (excluding diaryl/α,β-unsaturated/α-hetero) is 1. The van der Waals surface area contributed by atoms with Crippen LogP contribution in [0.2, 0.25) is 0 Å². The monoisotopic (exact) mass is 435 g/mol. The predicted molar refractivity (Wildman–Crippen MR) is 118 cm³/mol. The van der Waals surface area contributed by atoms with Gasteiger partial charge in [0, 0.05) is 5.56 Å². The van der Waals surface area contributed by atoms with Crippen molar-refractivity contribution < 1.29 is 18.7 Å². The smallest absolute Gasteiger partial charge is 0.192 e. The van der Waals surface area contributed by atoms with Gasteiger partial charge < -0.3 is 13.9 Å². The summed E-state index contributed by atoms with van der Waals surface area (Å²) in [6.07, 6.45) is 1.63. The van der Waals surface area contributed by atoms with Crippen molar-refractivity contribution in [2.75, 3.05) is 20.0 Å². The molecular formula is C23H21N3O4S. The van der Waals surface area contributed by atoms with Gasteiger partial charge in [-0.15, -0.1) is 10.2 Å². The summed E-state index contributed by atoms with van der Waals surface area (Å²) in [5, 5.41) is 9.36. The van der Waals surface area contributed by atoms with E-state index in [2.05, 4.69) is 10.2 Å². The minimum Gasteiger partial charge on any atom is -0.497 e. The van der Waals surface area contributed by atoms with Crippen LogP contribution in [0.1, 0.15) is 16.1 Å². The van der Waals surface area contributed by atoms with Crippen molar-refractivity contribution in [3.8, 4) is 22.9 Å². The Morgan fingerprint density at radius 2 is 1.90 bits per heavy atom. The van der Waals surface area contributed by atoms with Gasteiger partial charge in [-0.1, -0.05) is 36.0 Å². The SMILES string of the molecule is COc1cccc(-c2nnc(SCC(=O)c3ccccc3OC)n2Cc2ccco2)c1. The summed E-state index contributed by atoms with van der Waals surface area (Å²) in [5.41, 5.74) is 1.41. The molecule has 0 aliphatic rings. The highest BCUT2D eigenvalue weighted by Gasteiger charge is 2.19. The molecule has 2 aromatic carbocycles. The van der Waals surface area contributed by atoms with E-state index in [0.717, 1.165) is 17.1 Å². The fourth-order valence-corrected chi connectivity index (χ4v) is 3.98. The summed E-state index contributed by atoms with van der Waals surface area (Å²) in [7, 11) is 3.18. The lowest BCUT2D eigenvalue weighted by Crippen LogP contribution is -2.08. The number of ketones is 1. The van der Waals surface area contributed by atoms with E-state index in [1.165, 1.54) is 11.8 Å². The molecule has 4 aromatic rings. The molecule has 0 amide bonds. The molecule has 158 valence electrons. The number of ether oxygens (including phenoxy) is 2. The molecule has 0 atom stereocenters. The Balaban J connectivity index is 1.62.